The SMILES string of the molecule is CCCCNC(=O)[C@H](C)N(Cc1ccc(Cl)cc1Cl)C(=O)CN(c1ccc(C23CC4CC(CC(C4)C2)C3)cc1)S(C)(=O)=O. The van der Waals surface area contributed by atoms with Crippen LogP contribution in [-0.4, -0.2) is 50.5 Å². The number of nitrogens with one attached hydrogen (secondary N) is 1. The Hall–Kier alpha value is -2.29. The molecule has 4 fully saturated rings. The van der Waals surface area contributed by atoms with Gasteiger partial charge in [0.25, 0.3) is 0 Å². The molecule has 1 atom stereocenters. The summed E-state index contributed by atoms with van der Waals surface area (Å²) in [6, 6.07) is 11.9. The van der Waals surface area contributed by atoms with E-state index >= 15 is 0 Å². The van der Waals surface area contributed by atoms with Gasteiger partial charge in [-0.1, -0.05) is 54.7 Å². The third kappa shape index (κ3) is 7.18. The molecule has 234 valence electrons. The molecule has 4 aliphatic carbocycles. The molecule has 0 spiro atoms. The highest BCUT2D eigenvalue weighted by atomic mass is 35.5. The highest BCUT2D eigenvalue weighted by Crippen LogP contribution is 2.60. The summed E-state index contributed by atoms with van der Waals surface area (Å²) in [6.45, 7) is 3.76. The van der Waals surface area contributed by atoms with Crippen molar-refractivity contribution in [2.75, 3.05) is 23.7 Å². The number of carbonyl (C=O) groups is 2. The highest BCUT2D eigenvalue weighted by molar-refractivity contribution is 7.92. The fourth-order valence-corrected chi connectivity index (χ4v) is 9.33. The van der Waals surface area contributed by atoms with Gasteiger partial charge in [0.05, 0.1) is 11.9 Å². The van der Waals surface area contributed by atoms with Gasteiger partial charge < -0.3 is 10.2 Å². The largest absolute Gasteiger partial charge is 0.354 e. The monoisotopic (exact) mass is 647 g/mol. The number of hydrogen-bond donors (Lipinski definition) is 1. The van der Waals surface area contributed by atoms with Crippen molar-refractivity contribution in [2.45, 2.75) is 83.2 Å². The van der Waals surface area contributed by atoms with Crippen LogP contribution in [0.25, 0.3) is 0 Å². The van der Waals surface area contributed by atoms with Crippen molar-refractivity contribution in [2.24, 2.45) is 17.8 Å². The smallest absolute Gasteiger partial charge is 0.244 e. The Morgan fingerprint density at radius 3 is 2.14 bits per heavy atom. The standard InChI is InChI=1S/C33H43Cl2N3O4S/c1-4-5-12-36-32(40)22(2)37(20-26-6-9-28(34)16-30(26)35)31(39)21-38(43(3,41)42)29-10-7-27(8-11-29)33-17-23-13-24(18-33)15-25(14-23)19-33/h6-11,16,22-25H,4-5,12-15,17-21H2,1-3H3,(H,36,40)/t22-,23?,24?,25?,33?/m0/s1. The summed E-state index contributed by atoms with van der Waals surface area (Å²) < 4.78 is 27.3. The fourth-order valence-electron chi connectivity index (χ4n) is 8.01. The summed E-state index contributed by atoms with van der Waals surface area (Å²) in [5.41, 5.74) is 2.52. The van der Waals surface area contributed by atoms with Gasteiger partial charge in [-0.05, 0) is 110 Å². The summed E-state index contributed by atoms with van der Waals surface area (Å²) >= 11 is 12.5. The second-order valence-corrected chi connectivity index (χ2v) is 15.8. The molecule has 43 heavy (non-hydrogen) atoms. The molecule has 2 aromatic carbocycles. The molecule has 0 heterocycles. The summed E-state index contributed by atoms with van der Waals surface area (Å²) in [5, 5.41) is 3.71. The fraction of sp³-hybridized carbons (Fsp3) is 0.576. The van der Waals surface area contributed by atoms with Crippen LogP contribution in [0, 0.1) is 17.8 Å². The summed E-state index contributed by atoms with van der Waals surface area (Å²) in [6.07, 6.45) is 10.6. The topological polar surface area (TPSA) is 86.8 Å². The van der Waals surface area contributed by atoms with Crippen molar-refractivity contribution >= 4 is 50.7 Å². The maximum atomic E-state index is 13.9. The molecule has 2 aromatic rings. The van der Waals surface area contributed by atoms with Crippen LogP contribution >= 0.6 is 23.2 Å². The van der Waals surface area contributed by atoms with Crippen molar-refractivity contribution in [1.82, 2.24) is 10.2 Å². The first-order valence-electron chi connectivity index (χ1n) is 15.5. The zero-order valence-corrected chi connectivity index (χ0v) is 27.6. The lowest BCUT2D eigenvalue weighted by molar-refractivity contribution is -0.139. The van der Waals surface area contributed by atoms with Gasteiger partial charge in [0, 0.05) is 23.1 Å². The van der Waals surface area contributed by atoms with Crippen LogP contribution < -0.4 is 9.62 Å². The third-order valence-corrected chi connectivity index (χ3v) is 11.6. The molecule has 0 aromatic heterocycles. The van der Waals surface area contributed by atoms with Gasteiger partial charge in [-0.25, -0.2) is 8.42 Å². The zero-order valence-electron chi connectivity index (χ0n) is 25.3. The predicted molar refractivity (Wildman–Crippen MR) is 173 cm³/mol. The maximum Gasteiger partial charge on any atom is 0.244 e. The number of nitrogens with zero attached hydrogens (tertiary/aromatic N) is 2. The van der Waals surface area contributed by atoms with Crippen molar-refractivity contribution in [3.05, 3.63) is 63.6 Å². The van der Waals surface area contributed by atoms with Crippen LogP contribution in [-0.2, 0) is 31.6 Å². The number of amides is 2. The van der Waals surface area contributed by atoms with E-state index in [1.807, 2.05) is 19.1 Å². The van der Waals surface area contributed by atoms with E-state index in [2.05, 4.69) is 17.4 Å². The maximum absolute atomic E-state index is 13.9. The molecule has 2 amide bonds. The van der Waals surface area contributed by atoms with Crippen LogP contribution in [0.2, 0.25) is 10.0 Å². The van der Waals surface area contributed by atoms with Crippen molar-refractivity contribution in [3.8, 4) is 0 Å². The quantitative estimate of drug-likeness (QED) is 0.264. The van der Waals surface area contributed by atoms with E-state index in [1.54, 1.807) is 25.1 Å². The normalized spacial score (nSPS) is 24.9. The van der Waals surface area contributed by atoms with Crippen LogP contribution in [0.15, 0.2) is 42.5 Å². The highest BCUT2D eigenvalue weighted by Gasteiger charge is 2.51. The van der Waals surface area contributed by atoms with Gasteiger partial charge in [0.2, 0.25) is 21.8 Å². The minimum Gasteiger partial charge on any atom is -0.354 e. The van der Waals surface area contributed by atoms with Gasteiger partial charge in [0.1, 0.15) is 12.6 Å². The van der Waals surface area contributed by atoms with E-state index in [1.165, 1.54) is 49.0 Å². The van der Waals surface area contributed by atoms with E-state index in [0.29, 0.717) is 27.8 Å². The second kappa shape index (κ2) is 13.0. The van der Waals surface area contributed by atoms with Crippen LogP contribution in [0.1, 0.15) is 76.3 Å². The minimum absolute atomic E-state index is 0.0275. The number of hydrogen-bond acceptors (Lipinski definition) is 4. The second-order valence-electron chi connectivity index (χ2n) is 13.1. The lowest BCUT2D eigenvalue weighted by Crippen LogP contribution is -2.51. The molecule has 0 saturated heterocycles. The zero-order chi connectivity index (χ0) is 30.9. The van der Waals surface area contributed by atoms with Crippen molar-refractivity contribution < 1.29 is 18.0 Å². The minimum atomic E-state index is -3.81. The number of rotatable bonds is 12. The van der Waals surface area contributed by atoms with Gasteiger partial charge in [-0.3, -0.25) is 13.9 Å². The van der Waals surface area contributed by atoms with Crippen LogP contribution in [0.5, 0.6) is 0 Å². The molecule has 6 rings (SSSR count). The Bertz CT molecular complexity index is 1410. The lowest BCUT2D eigenvalue weighted by atomic mass is 9.48. The number of sulfonamides is 1. The van der Waals surface area contributed by atoms with Crippen molar-refractivity contribution in [1.29, 1.82) is 0 Å². The van der Waals surface area contributed by atoms with E-state index in [-0.39, 0.29) is 17.9 Å². The molecular formula is C33H43Cl2N3O4S. The number of halogens is 2. The first-order valence-corrected chi connectivity index (χ1v) is 18.1. The van der Waals surface area contributed by atoms with Gasteiger partial charge >= 0.3 is 0 Å². The molecule has 4 bridgehead atoms. The Balaban J connectivity index is 1.38. The third-order valence-electron chi connectivity index (χ3n) is 9.84. The number of carbonyl (C=O) groups excluding carboxylic acids is 2. The number of unbranched alkanes of at least 4 members (excludes halogenated alkanes) is 1. The average Bonchev–Trinajstić information content (AvgIpc) is 2.94. The van der Waals surface area contributed by atoms with E-state index in [4.69, 9.17) is 23.2 Å². The average molecular weight is 649 g/mol. The van der Waals surface area contributed by atoms with E-state index in [9.17, 15) is 18.0 Å². The molecule has 0 unspecified atom stereocenters. The molecule has 7 nitrogen and oxygen atoms in total. The summed E-state index contributed by atoms with van der Waals surface area (Å²) in [5.74, 6) is 1.60. The first kappa shape index (κ1) is 32.1. The van der Waals surface area contributed by atoms with Crippen molar-refractivity contribution in [3.63, 3.8) is 0 Å². The first-order chi connectivity index (χ1) is 20.4. The van der Waals surface area contributed by atoms with Gasteiger partial charge in [-0.15, -0.1) is 0 Å². The lowest BCUT2D eigenvalue weighted by Gasteiger charge is -2.57. The molecular weight excluding hydrogens is 605 g/mol. The molecule has 1 N–H and O–H groups in total. The Labute approximate surface area is 266 Å². The summed E-state index contributed by atoms with van der Waals surface area (Å²) in [4.78, 5) is 28.3. The van der Waals surface area contributed by atoms with E-state index in [0.717, 1.165) is 41.2 Å². The summed E-state index contributed by atoms with van der Waals surface area (Å²) in [7, 11) is -3.81. The van der Waals surface area contributed by atoms with Crippen LogP contribution in [0.3, 0.4) is 0 Å². The number of benzene rings is 2. The predicted octanol–water partition coefficient (Wildman–Crippen LogP) is 6.56. The van der Waals surface area contributed by atoms with Gasteiger partial charge in [0.15, 0.2) is 0 Å². The Morgan fingerprint density at radius 2 is 1.60 bits per heavy atom. The number of anilines is 1. The van der Waals surface area contributed by atoms with Crippen LogP contribution in [0.4, 0.5) is 5.69 Å². The van der Waals surface area contributed by atoms with E-state index < -0.39 is 28.5 Å². The Kier molecular flexibility index (Phi) is 9.69. The molecule has 10 heteroatoms. The molecule has 4 aliphatic rings. The Morgan fingerprint density at radius 1 is 1.00 bits per heavy atom. The van der Waals surface area contributed by atoms with Gasteiger partial charge in [-0.2, -0.15) is 0 Å². The molecule has 0 radical (unpaired) electrons. The molecule has 4 saturated carbocycles. The molecule has 0 aliphatic heterocycles.